The fourth-order valence-corrected chi connectivity index (χ4v) is 2.85. The largest absolute Gasteiger partial charge is 0.468 e. The van der Waals surface area contributed by atoms with Crippen molar-refractivity contribution in [2.24, 2.45) is 0 Å². The van der Waals surface area contributed by atoms with Crippen LogP contribution in [0.3, 0.4) is 0 Å². The Morgan fingerprint density at radius 3 is 2.45 bits per heavy atom. The van der Waals surface area contributed by atoms with Gasteiger partial charge in [0.05, 0.1) is 25.5 Å². The molecule has 0 spiro atoms. The van der Waals surface area contributed by atoms with Gasteiger partial charge >= 0.3 is 0 Å². The Kier molecular flexibility index (Phi) is 7.90. The molecule has 0 aromatic carbocycles. The van der Waals surface area contributed by atoms with Gasteiger partial charge in [0.1, 0.15) is 5.76 Å². The number of methoxy groups -OCH3 is 2. The van der Waals surface area contributed by atoms with Crippen molar-refractivity contribution in [3.05, 3.63) is 24.2 Å². The third kappa shape index (κ3) is 5.37. The van der Waals surface area contributed by atoms with Gasteiger partial charge in [-0.15, -0.1) is 0 Å². The Labute approximate surface area is 133 Å². The molecule has 6 heteroatoms. The summed E-state index contributed by atoms with van der Waals surface area (Å²) in [6.45, 7) is 8.42. The van der Waals surface area contributed by atoms with E-state index in [0.717, 1.165) is 51.6 Å². The maximum atomic E-state index is 5.71. The van der Waals surface area contributed by atoms with Crippen LogP contribution in [0.5, 0.6) is 0 Å². The van der Waals surface area contributed by atoms with Crippen molar-refractivity contribution in [1.82, 2.24) is 15.1 Å². The summed E-state index contributed by atoms with van der Waals surface area (Å²) in [7, 11) is 3.49. The quantitative estimate of drug-likeness (QED) is 0.690. The second kappa shape index (κ2) is 9.97. The Hall–Kier alpha value is -0.920. The Balaban J connectivity index is 2.05. The maximum Gasteiger partial charge on any atom is 0.122 e. The van der Waals surface area contributed by atoms with Crippen LogP contribution in [0.15, 0.2) is 22.8 Å². The van der Waals surface area contributed by atoms with Gasteiger partial charge in [-0.05, 0) is 12.1 Å². The van der Waals surface area contributed by atoms with Crippen LogP contribution < -0.4 is 5.32 Å². The van der Waals surface area contributed by atoms with Gasteiger partial charge in [0.25, 0.3) is 0 Å². The SMILES string of the molecule is COCCN(CCOC)C(CN1CCNCC1)c1ccco1. The van der Waals surface area contributed by atoms with Crippen LogP contribution >= 0.6 is 0 Å². The minimum Gasteiger partial charge on any atom is -0.468 e. The fraction of sp³-hybridized carbons (Fsp3) is 0.750. The highest BCUT2D eigenvalue weighted by atomic mass is 16.5. The van der Waals surface area contributed by atoms with E-state index < -0.39 is 0 Å². The molecule has 1 unspecified atom stereocenters. The van der Waals surface area contributed by atoms with Crippen molar-refractivity contribution in [3.63, 3.8) is 0 Å². The first-order valence-electron chi connectivity index (χ1n) is 8.03. The van der Waals surface area contributed by atoms with E-state index in [1.54, 1.807) is 20.5 Å². The monoisotopic (exact) mass is 311 g/mol. The summed E-state index contributed by atoms with van der Waals surface area (Å²) in [4.78, 5) is 4.89. The van der Waals surface area contributed by atoms with Crippen molar-refractivity contribution in [2.45, 2.75) is 6.04 Å². The predicted molar refractivity (Wildman–Crippen MR) is 86.1 cm³/mol. The minimum absolute atomic E-state index is 0.235. The summed E-state index contributed by atoms with van der Waals surface area (Å²) in [6.07, 6.45) is 1.75. The average Bonchev–Trinajstić information content (AvgIpc) is 3.08. The molecule has 0 bridgehead atoms. The van der Waals surface area contributed by atoms with E-state index >= 15 is 0 Å². The van der Waals surface area contributed by atoms with Crippen LogP contribution in [0.2, 0.25) is 0 Å². The second-order valence-electron chi connectivity index (χ2n) is 5.60. The van der Waals surface area contributed by atoms with Gasteiger partial charge in [0.15, 0.2) is 0 Å². The van der Waals surface area contributed by atoms with E-state index in [1.807, 2.05) is 6.07 Å². The highest BCUT2D eigenvalue weighted by molar-refractivity contribution is 5.06. The molecule has 2 heterocycles. The highest BCUT2D eigenvalue weighted by Crippen LogP contribution is 2.22. The molecule has 1 aromatic heterocycles. The molecular weight excluding hydrogens is 282 g/mol. The van der Waals surface area contributed by atoms with Gasteiger partial charge in [0, 0.05) is 60.0 Å². The highest BCUT2D eigenvalue weighted by Gasteiger charge is 2.25. The minimum atomic E-state index is 0.235. The molecule has 1 aliphatic rings. The van der Waals surface area contributed by atoms with Crippen molar-refractivity contribution in [1.29, 1.82) is 0 Å². The van der Waals surface area contributed by atoms with Gasteiger partial charge in [-0.25, -0.2) is 0 Å². The van der Waals surface area contributed by atoms with E-state index in [0.29, 0.717) is 13.2 Å². The molecule has 1 N–H and O–H groups in total. The lowest BCUT2D eigenvalue weighted by Crippen LogP contribution is -2.48. The lowest BCUT2D eigenvalue weighted by molar-refractivity contribution is 0.0599. The summed E-state index contributed by atoms with van der Waals surface area (Å²) in [6, 6.07) is 4.27. The van der Waals surface area contributed by atoms with E-state index in [2.05, 4.69) is 21.2 Å². The van der Waals surface area contributed by atoms with Crippen LogP contribution in [0, 0.1) is 0 Å². The van der Waals surface area contributed by atoms with Crippen LogP contribution in [-0.2, 0) is 9.47 Å². The Bertz CT molecular complexity index is 372. The third-order valence-electron chi connectivity index (χ3n) is 4.12. The lowest BCUT2D eigenvalue weighted by Gasteiger charge is -2.36. The zero-order valence-electron chi connectivity index (χ0n) is 13.8. The second-order valence-corrected chi connectivity index (χ2v) is 5.60. The van der Waals surface area contributed by atoms with Gasteiger partial charge in [-0.3, -0.25) is 9.80 Å². The van der Waals surface area contributed by atoms with Gasteiger partial charge < -0.3 is 19.2 Å². The molecule has 1 atom stereocenters. The van der Waals surface area contributed by atoms with Gasteiger partial charge in [0.2, 0.25) is 0 Å². The van der Waals surface area contributed by atoms with Crippen LogP contribution in [0.4, 0.5) is 0 Å². The first-order chi connectivity index (χ1) is 10.8. The number of piperazine rings is 1. The maximum absolute atomic E-state index is 5.71. The van der Waals surface area contributed by atoms with Crippen LogP contribution in [0.1, 0.15) is 11.8 Å². The van der Waals surface area contributed by atoms with E-state index in [9.17, 15) is 0 Å². The smallest absolute Gasteiger partial charge is 0.122 e. The number of hydrogen-bond acceptors (Lipinski definition) is 6. The Morgan fingerprint density at radius 2 is 1.91 bits per heavy atom. The molecule has 0 amide bonds. The molecule has 6 nitrogen and oxygen atoms in total. The molecule has 1 aliphatic heterocycles. The molecule has 126 valence electrons. The number of hydrogen-bond donors (Lipinski definition) is 1. The molecule has 22 heavy (non-hydrogen) atoms. The predicted octanol–water partition coefficient (Wildman–Crippen LogP) is 0.821. The van der Waals surface area contributed by atoms with Gasteiger partial charge in [-0.1, -0.05) is 0 Å². The summed E-state index contributed by atoms with van der Waals surface area (Å²) in [5, 5.41) is 3.40. The molecule has 1 fully saturated rings. The molecule has 1 aromatic rings. The summed E-state index contributed by atoms with van der Waals surface area (Å²) in [5.74, 6) is 1.02. The van der Waals surface area contributed by atoms with Crippen molar-refractivity contribution in [3.8, 4) is 0 Å². The number of nitrogens with zero attached hydrogens (tertiary/aromatic N) is 2. The summed E-state index contributed by atoms with van der Waals surface area (Å²) < 4.78 is 16.3. The van der Waals surface area contributed by atoms with Crippen molar-refractivity contribution in [2.75, 3.05) is 73.2 Å². The number of rotatable bonds is 10. The van der Waals surface area contributed by atoms with E-state index in [1.165, 1.54) is 0 Å². The first kappa shape index (κ1) is 17.4. The normalized spacial score (nSPS) is 18.0. The molecule has 2 rings (SSSR count). The zero-order chi connectivity index (χ0) is 15.6. The average molecular weight is 311 g/mol. The van der Waals surface area contributed by atoms with Crippen molar-refractivity contribution < 1.29 is 13.9 Å². The number of ether oxygens (including phenoxy) is 2. The summed E-state index contributed by atoms with van der Waals surface area (Å²) in [5.41, 5.74) is 0. The lowest BCUT2D eigenvalue weighted by atomic mass is 10.1. The van der Waals surface area contributed by atoms with E-state index in [4.69, 9.17) is 13.9 Å². The number of nitrogens with one attached hydrogen (secondary N) is 1. The number of furan rings is 1. The standard InChI is InChI=1S/C16H29N3O3/c1-20-12-9-19(10-13-21-2)15(16-4-3-11-22-16)14-18-7-5-17-6-8-18/h3-4,11,15,17H,5-10,12-14H2,1-2H3. The zero-order valence-corrected chi connectivity index (χ0v) is 13.8. The third-order valence-corrected chi connectivity index (χ3v) is 4.12. The first-order valence-corrected chi connectivity index (χ1v) is 8.03. The molecule has 0 radical (unpaired) electrons. The van der Waals surface area contributed by atoms with Crippen LogP contribution in [0.25, 0.3) is 0 Å². The van der Waals surface area contributed by atoms with Crippen LogP contribution in [-0.4, -0.2) is 83.0 Å². The van der Waals surface area contributed by atoms with Gasteiger partial charge in [-0.2, -0.15) is 0 Å². The molecule has 0 saturated carbocycles. The molecular formula is C16H29N3O3. The fourth-order valence-electron chi connectivity index (χ4n) is 2.85. The topological polar surface area (TPSA) is 50.1 Å². The summed E-state index contributed by atoms with van der Waals surface area (Å²) >= 11 is 0. The van der Waals surface area contributed by atoms with E-state index in [-0.39, 0.29) is 6.04 Å². The Morgan fingerprint density at radius 1 is 1.23 bits per heavy atom. The molecule has 0 aliphatic carbocycles. The van der Waals surface area contributed by atoms with Crippen molar-refractivity contribution >= 4 is 0 Å². The molecule has 1 saturated heterocycles.